The van der Waals surface area contributed by atoms with Crippen molar-refractivity contribution in [2.24, 2.45) is 0 Å². The minimum atomic E-state index is -5.00. The number of esters is 4. The van der Waals surface area contributed by atoms with Crippen LogP contribution in [0.4, 0.5) is 0 Å². The van der Waals surface area contributed by atoms with Gasteiger partial charge in [0.15, 0.2) is 12.2 Å². The topological polar surface area (TPSA) is 237 Å². The Bertz CT molecular complexity index is 2440. The van der Waals surface area contributed by atoms with Crippen molar-refractivity contribution in [1.82, 2.24) is 0 Å². The summed E-state index contributed by atoms with van der Waals surface area (Å²) in [5, 5.41) is 10.6. The van der Waals surface area contributed by atoms with Crippen molar-refractivity contribution < 1.29 is 80.2 Å². The molecule has 0 aliphatic heterocycles. The second-order valence-corrected chi connectivity index (χ2v) is 29.9. The van der Waals surface area contributed by atoms with Crippen LogP contribution in [0.5, 0.6) is 0 Å². The van der Waals surface area contributed by atoms with Gasteiger partial charge in [-0.25, -0.2) is 9.13 Å². The molecular weight excluding hydrogens is 1350 g/mol. The number of carbonyl (C=O) groups is 4. The third-order valence-electron chi connectivity index (χ3n) is 16.9. The van der Waals surface area contributed by atoms with Gasteiger partial charge in [-0.3, -0.25) is 37.3 Å². The molecule has 0 aromatic carbocycles. The summed E-state index contributed by atoms with van der Waals surface area (Å²) in [6.07, 6.45) is 84.7. The molecule has 0 heterocycles. The highest BCUT2D eigenvalue weighted by molar-refractivity contribution is 7.47. The highest BCUT2D eigenvalue weighted by atomic mass is 31.2. The summed E-state index contributed by atoms with van der Waals surface area (Å²) in [4.78, 5) is 73.0. The normalized spacial score (nSPS) is 14.5. The number of rotatable bonds is 76. The first-order valence-electron chi connectivity index (χ1n) is 40.8. The Morgan fingerprint density at radius 2 is 0.519 bits per heavy atom. The first-order chi connectivity index (χ1) is 50.7. The van der Waals surface area contributed by atoms with Gasteiger partial charge in [0.2, 0.25) is 0 Å². The van der Waals surface area contributed by atoms with Crippen molar-refractivity contribution in [2.75, 3.05) is 39.6 Å². The smallest absolute Gasteiger partial charge is 0.462 e. The number of aliphatic hydroxyl groups is 1. The lowest BCUT2D eigenvalue weighted by atomic mass is 10.0. The van der Waals surface area contributed by atoms with Gasteiger partial charge in [-0.1, -0.05) is 303 Å². The lowest BCUT2D eigenvalue weighted by Gasteiger charge is -2.21. The largest absolute Gasteiger partial charge is 0.472 e. The number of hydrogen-bond donors (Lipinski definition) is 3. The van der Waals surface area contributed by atoms with Gasteiger partial charge >= 0.3 is 39.5 Å². The molecule has 0 aliphatic rings. The van der Waals surface area contributed by atoms with Crippen LogP contribution in [0.1, 0.15) is 336 Å². The van der Waals surface area contributed by atoms with E-state index in [0.717, 1.165) is 141 Å². The summed E-state index contributed by atoms with van der Waals surface area (Å²) < 4.78 is 68.6. The number of allylic oxidation sites excluding steroid dienone is 20. The van der Waals surface area contributed by atoms with Crippen LogP contribution in [0.15, 0.2) is 122 Å². The molecule has 3 N–H and O–H groups in total. The molecular formula is C85H146O17P2. The summed E-state index contributed by atoms with van der Waals surface area (Å²) >= 11 is 0. The minimum absolute atomic E-state index is 0.0307. The predicted octanol–water partition coefficient (Wildman–Crippen LogP) is 23.9. The van der Waals surface area contributed by atoms with Crippen molar-refractivity contribution in [3.8, 4) is 0 Å². The SMILES string of the molecule is CC/C=C\C/C=C\C/C=C\C/C=C\C/C=C\C/C=C\CCC(=O)O[C@H](COC(=O)CCCCCCCCCCCCCCCCC)COP(=O)(O)OC[C@H](O)COP(=O)(O)OC[C@@H](COC(=O)CCCCCCC/C=C\C/C=C\CCCCC)OC(=O)CCCCCCC/C=C\C/C=C\CCCCC. The molecule has 0 saturated heterocycles. The number of hydrogen-bond acceptors (Lipinski definition) is 15. The molecule has 0 radical (unpaired) electrons. The monoisotopic (exact) mass is 1500 g/mol. The highest BCUT2D eigenvalue weighted by Crippen LogP contribution is 2.45. The zero-order valence-electron chi connectivity index (χ0n) is 65.4. The van der Waals surface area contributed by atoms with E-state index in [9.17, 15) is 43.2 Å². The van der Waals surface area contributed by atoms with Gasteiger partial charge in [0.1, 0.15) is 19.3 Å². The summed E-state index contributed by atoms with van der Waals surface area (Å²) in [6, 6.07) is 0. The molecule has 0 fully saturated rings. The maximum atomic E-state index is 13.1. The Morgan fingerprint density at radius 1 is 0.279 bits per heavy atom. The Morgan fingerprint density at radius 3 is 0.846 bits per heavy atom. The van der Waals surface area contributed by atoms with Crippen LogP contribution in [0.25, 0.3) is 0 Å². The number of ether oxygens (including phenoxy) is 4. The minimum Gasteiger partial charge on any atom is -0.462 e. The molecule has 0 aliphatic carbocycles. The molecule has 598 valence electrons. The third kappa shape index (κ3) is 75.7. The Balaban J connectivity index is 5.45. The maximum absolute atomic E-state index is 13.1. The molecule has 19 heteroatoms. The molecule has 0 aromatic rings. The standard InChI is InChI=1S/C85H146O17P2/c1-5-9-13-17-21-25-29-33-37-38-39-40-44-48-52-56-60-64-68-72-85(90)102-81(76-96-83(88)70-66-62-58-54-50-46-42-35-31-27-23-19-15-11-7-3)78-100-104(93,94)98-74-79(86)73-97-103(91,92)99-77-80(101-84(89)71-67-63-59-55-51-47-43-36-32-28-24-20-16-12-8-4)75-95-82(87)69-65-61-57-53-49-45-41-34-30-26-22-18-14-10-6-2/h9,13,21-22,24-26,28,33-34,36-37,39-41,43,48,52,60,64,79-81,86H,5-8,10-12,14-20,23,27,29-32,35,38,42,44-47,49-51,53-59,61-63,65-78H2,1-4H3,(H,91,92)(H,93,94)/b13-9-,25-21-,26-22-,28-24-,37-33-,40-39-,41-34-,43-36-,52-48-,64-60-/t79-,80-,81-/m1/s1. The zero-order chi connectivity index (χ0) is 76.0. The number of carbonyl (C=O) groups excluding carboxylic acids is 4. The summed E-state index contributed by atoms with van der Waals surface area (Å²) in [7, 11) is -9.99. The molecule has 0 rings (SSSR count). The molecule has 0 bridgehead atoms. The summed E-state index contributed by atoms with van der Waals surface area (Å²) in [5.74, 6) is -2.29. The van der Waals surface area contributed by atoms with E-state index in [1.165, 1.54) is 109 Å². The lowest BCUT2D eigenvalue weighted by molar-refractivity contribution is -0.161. The molecule has 0 amide bonds. The van der Waals surface area contributed by atoms with Gasteiger partial charge in [-0.05, 0) is 128 Å². The molecule has 0 spiro atoms. The fourth-order valence-electron chi connectivity index (χ4n) is 10.7. The van der Waals surface area contributed by atoms with Gasteiger partial charge in [0.05, 0.1) is 26.4 Å². The number of phosphoric acid groups is 2. The van der Waals surface area contributed by atoms with Crippen LogP contribution in [-0.2, 0) is 65.4 Å². The second-order valence-electron chi connectivity index (χ2n) is 27.0. The van der Waals surface area contributed by atoms with Crippen LogP contribution < -0.4 is 0 Å². The quantitative estimate of drug-likeness (QED) is 0.0169. The van der Waals surface area contributed by atoms with Gasteiger partial charge in [-0.15, -0.1) is 0 Å². The average molecular weight is 1500 g/mol. The molecule has 2 unspecified atom stereocenters. The van der Waals surface area contributed by atoms with Crippen molar-refractivity contribution in [1.29, 1.82) is 0 Å². The van der Waals surface area contributed by atoms with Crippen LogP contribution in [0.2, 0.25) is 0 Å². The Labute approximate surface area is 632 Å². The lowest BCUT2D eigenvalue weighted by Crippen LogP contribution is -2.30. The zero-order valence-corrected chi connectivity index (χ0v) is 67.2. The summed E-state index contributed by atoms with van der Waals surface area (Å²) in [6.45, 7) is 4.63. The van der Waals surface area contributed by atoms with E-state index in [4.69, 9.17) is 37.0 Å². The van der Waals surface area contributed by atoms with Crippen molar-refractivity contribution in [3.63, 3.8) is 0 Å². The van der Waals surface area contributed by atoms with Crippen LogP contribution >= 0.6 is 15.6 Å². The van der Waals surface area contributed by atoms with E-state index in [0.29, 0.717) is 32.1 Å². The molecule has 5 atom stereocenters. The van der Waals surface area contributed by atoms with E-state index in [1.54, 1.807) is 0 Å². The number of phosphoric ester groups is 2. The first-order valence-corrected chi connectivity index (χ1v) is 43.8. The fraction of sp³-hybridized carbons (Fsp3) is 0.718. The number of unbranched alkanes of at least 4 members (excludes halogenated alkanes) is 30. The van der Waals surface area contributed by atoms with E-state index >= 15 is 0 Å². The van der Waals surface area contributed by atoms with E-state index in [1.807, 2.05) is 18.2 Å². The molecule has 17 nitrogen and oxygen atoms in total. The van der Waals surface area contributed by atoms with E-state index in [2.05, 4.69) is 131 Å². The highest BCUT2D eigenvalue weighted by Gasteiger charge is 2.30. The number of aliphatic hydroxyl groups excluding tert-OH is 1. The maximum Gasteiger partial charge on any atom is 0.472 e. The molecule has 104 heavy (non-hydrogen) atoms. The first kappa shape index (κ1) is 99.5. The summed E-state index contributed by atoms with van der Waals surface area (Å²) in [5.41, 5.74) is 0. The third-order valence-corrected chi connectivity index (χ3v) is 18.8. The van der Waals surface area contributed by atoms with Gasteiger partial charge < -0.3 is 33.8 Å². The van der Waals surface area contributed by atoms with Crippen molar-refractivity contribution >= 4 is 39.5 Å². The van der Waals surface area contributed by atoms with Crippen molar-refractivity contribution in [2.45, 2.75) is 354 Å². The Kier molecular flexibility index (Phi) is 73.3. The van der Waals surface area contributed by atoms with Gasteiger partial charge in [0.25, 0.3) is 0 Å². The Hall–Kier alpha value is -4.54. The molecule has 0 aromatic heterocycles. The second kappa shape index (κ2) is 76.6. The van der Waals surface area contributed by atoms with Crippen LogP contribution in [0.3, 0.4) is 0 Å². The average Bonchev–Trinajstić information content (AvgIpc) is 0.943. The van der Waals surface area contributed by atoms with E-state index in [-0.39, 0.29) is 25.7 Å². The van der Waals surface area contributed by atoms with Crippen LogP contribution in [-0.4, -0.2) is 96.7 Å². The van der Waals surface area contributed by atoms with Gasteiger partial charge in [0, 0.05) is 25.7 Å². The fourth-order valence-corrected chi connectivity index (χ4v) is 12.3. The van der Waals surface area contributed by atoms with Crippen LogP contribution in [0, 0.1) is 0 Å². The van der Waals surface area contributed by atoms with E-state index < -0.39 is 97.5 Å². The molecule has 0 saturated carbocycles. The van der Waals surface area contributed by atoms with Gasteiger partial charge in [-0.2, -0.15) is 0 Å². The predicted molar refractivity (Wildman–Crippen MR) is 427 cm³/mol. The van der Waals surface area contributed by atoms with Crippen molar-refractivity contribution in [3.05, 3.63) is 122 Å².